The molecule has 0 saturated carbocycles. The van der Waals surface area contributed by atoms with Crippen LogP contribution in [0.25, 0.3) is 0 Å². The molecule has 25 heavy (non-hydrogen) atoms. The molecule has 0 amide bonds. The fourth-order valence-electron chi connectivity index (χ4n) is 3.20. The summed E-state index contributed by atoms with van der Waals surface area (Å²) in [6.45, 7) is 4.81. The lowest BCUT2D eigenvalue weighted by atomic mass is 10.1. The van der Waals surface area contributed by atoms with Crippen LogP contribution >= 0.6 is 0 Å². The lowest BCUT2D eigenvalue weighted by molar-refractivity contribution is 0.277. The van der Waals surface area contributed by atoms with E-state index in [2.05, 4.69) is 33.4 Å². The highest BCUT2D eigenvalue weighted by atomic mass is 16.3. The summed E-state index contributed by atoms with van der Waals surface area (Å²) in [5.41, 5.74) is 2.05. The molecule has 2 aromatic rings. The van der Waals surface area contributed by atoms with Gasteiger partial charge in [-0.2, -0.15) is 4.98 Å². The number of aromatic nitrogens is 2. The average Bonchev–Trinajstić information content (AvgIpc) is 2.66. The standard InChI is InChI=1S/C19H27N5O/c1-15-14-18(24-11-8-16(9-12-24)20-10-13-25)22-19(21-15)23(2)17-6-4-3-5-7-17/h3-7,14,16,20,25H,8-13H2,1-2H3. The molecule has 0 atom stereocenters. The topological polar surface area (TPSA) is 64.5 Å². The molecule has 0 aliphatic carbocycles. The van der Waals surface area contributed by atoms with Crippen LogP contribution in [0.2, 0.25) is 0 Å². The number of piperidine rings is 1. The highest BCUT2D eigenvalue weighted by molar-refractivity contribution is 5.58. The highest BCUT2D eigenvalue weighted by Crippen LogP contribution is 2.24. The fourth-order valence-corrected chi connectivity index (χ4v) is 3.20. The van der Waals surface area contributed by atoms with Crippen molar-refractivity contribution in [1.82, 2.24) is 15.3 Å². The number of nitrogens with zero attached hydrogens (tertiary/aromatic N) is 4. The third-order valence-corrected chi connectivity index (χ3v) is 4.64. The Balaban J connectivity index is 1.72. The van der Waals surface area contributed by atoms with Crippen LogP contribution in [0.1, 0.15) is 18.5 Å². The van der Waals surface area contributed by atoms with E-state index in [-0.39, 0.29) is 6.61 Å². The van der Waals surface area contributed by atoms with Crippen molar-refractivity contribution in [3.63, 3.8) is 0 Å². The van der Waals surface area contributed by atoms with E-state index in [1.54, 1.807) is 0 Å². The van der Waals surface area contributed by atoms with Gasteiger partial charge in [-0.3, -0.25) is 0 Å². The molecule has 6 heteroatoms. The van der Waals surface area contributed by atoms with Gasteiger partial charge in [0.05, 0.1) is 6.61 Å². The van der Waals surface area contributed by atoms with E-state index in [0.717, 1.165) is 49.1 Å². The van der Waals surface area contributed by atoms with E-state index < -0.39 is 0 Å². The fraction of sp³-hybridized carbons (Fsp3) is 0.474. The Labute approximate surface area is 149 Å². The van der Waals surface area contributed by atoms with Gasteiger partial charge < -0.3 is 20.2 Å². The van der Waals surface area contributed by atoms with Gasteiger partial charge in [0.25, 0.3) is 0 Å². The van der Waals surface area contributed by atoms with Gasteiger partial charge in [0.2, 0.25) is 5.95 Å². The van der Waals surface area contributed by atoms with Crippen LogP contribution < -0.4 is 15.1 Å². The molecule has 1 aromatic carbocycles. The Bertz CT molecular complexity index is 671. The van der Waals surface area contributed by atoms with Crippen molar-refractivity contribution in [3.05, 3.63) is 42.1 Å². The lowest BCUT2D eigenvalue weighted by Crippen LogP contribution is -2.43. The molecule has 0 spiro atoms. The quantitative estimate of drug-likeness (QED) is 0.839. The van der Waals surface area contributed by atoms with Crippen LogP contribution in [0.5, 0.6) is 0 Å². The Morgan fingerprint density at radius 1 is 1.20 bits per heavy atom. The van der Waals surface area contributed by atoms with Crippen molar-refractivity contribution >= 4 is 17.5 Å². The van der Waals surface area contributed by atoms with E-state index in [9.17, 15) is 0 Å². The molecule has 3 rings (SSSR count). The zero-order valence-corrected chi connectivity index (χ0v) is 15.0. The van der Waals surface area contributed by atoms with Crippen LogP contribution in [-0.2, 0) is 0 Å². The van der Waals surface area contributed by atoms with Gasteiger partial charge in [0.15, 0.2) is 0 Å². The van der Waals surface area contributed by atoms with Gasteiger partial charge in [-0.05, 0) is 31.9 Å². The molecule has 0 unspecified atom stereocenters. The van der Waals surface area contributed by atoms with Crippen molar-refractivity contribution < 1.29 is 5.11 Å². The van der Waals surface area contributed by atoms with Crippen molar-refractivity contribution in [2.24, 2.45) is 0 Å². The largest absolute Gasteiger partial charge is 0.395 e. The Kier molecular flexibility index (Phi) is 5.83. The number of aliphatic hydroxyl groups excluding tert-OH is 1. The predicted octanol–water partition coefficient (Wildman–Crippen LogP) is 2.10. The molecule has 2 heterocycles. The Morgan fingerprint density at radius 3 is 2.60 bits per heavy atom. The van der Waals surface area contributed by atoms with Gasteiger partial charge in [-0.1, -0.05) is 18.2 Å². The van der Waals surface area contributed by atoms with E-state index >= 15 is 0 Å². The first-order valence-corrected chi connectivity index (χ1v) is 8.91. The number of rotatable bonds is 6. The third kappa shape index (κ3) is 4.46. The minimum absolute atomic E-state index is 0.195. The minimum Gasteiger partial charge on any atom is -0.395 e. The van der Waals surface area contributed by atoms with E-state index in [1.165, 1.54) is 0 Å². The van der Waals surface area contributed by atoms with Gasteiger partial charge in [-0.25, -0.2) is 4.98 Å². The summed E-state index contributed by atoms with van der Waals surface area (Å²) in [5.74, 6) is 1.72. The normalized spacial score (nSPS) is 15.4. The summed E-state index contributed by atoms with van der Waals surface area (Å²) in [7, 11) is 2.00. The van der Waals surface area contributed by atoms with E-state index in [0.29, 0.717) is 12.6 Å². The number of hydrogen-bond donors (Lipinski definition) is 2. The molecule has 1 aromatic heterocycles. The summed E-state index contributed by atoms with van der Waals surface area (Å²) in [5, 5.41) is 12.3. The van der Waals surface area contributed by atoms with Crippen molar-refractivity contribution in [2.75, 3.05) is 43.1 Å². The lowest BCUT2D eigenvalue weighted by Gasteiger charge is -2.33. The number of anilines is 3. The maximum Gasteiger partial charge on any atom is 0.231 e. The molecule has 2 N–H and O–H groups in total. The van der Waals surface area contributed by atoms with Gasteiger partial charge in [0.1, 0.15) is 5.82 Å². The molecule has 0 radical (unpaired) electrons. The van der Waals surface area contributed by atoms with E-state index in [4.69, 9.17) is 10.1 Å². The van der Waals surface area contributed by atoms with Crippen LogP contribution in [0.15, 0.2) is 36.4 Å². The Morgan fingerprint density at radius 2 is 1.92 bits per heavy atom. The van der Waals surface area contributed by atoms with Crippen molar-refractivity contribution in [3.8, 4) is 0 Å². The minimum atomic E-state index is 0.195. The molecular formula is C19H27N5O. The second kappa shape index (κ2) is 8.27. The molecule has 0 bridgehead atoms. The number of para-hydroxylation sites is 1. The summed E-state index contributed by atoms with van der Waals surface area (Å²) < 4.78 is 0. The first-order valence-electron chi connectivity index (χ1n) is 8.91. The highest BCUT2D eigenvalue weighted by Gasteiger charge is 2.21. The summed E-state index contributed by atoms with van der Waals surface area (Å²) in [6, 6.07) is 12.7. The van der Waals surface area contributed by atoms with Gasteiger partial charge in [-0.15, -0.1) is 0 Å². The van der Waals surface area contributed by atoms with Crippen LogP contribution in [-0.4, -0.2) is 54.4 Å². The smallest absolute Gasteiger partial charge is 0.231 e. The second-order valence-corrected chi connectivity index (χ2v) is 6.50. The van der Waals surface area contributed by atoms with Gasteiger partial charge >= 0.3 is 0 Å². The zero-order chi connectivity index (χ0) is 17.6. The molecular weight excluding hydrogens is 314 g/mol. The van der Waals surface area contributed by atoms with Crippen molar-refractivity contribution in [2.45, 2.75) is 25.8 Å². The summed E-state index contributed by atoms with van der Waals surface area (Å²) in [4.78, 5) is 13.8. The molecule has 1 aliphatic rings. The monoisotopic (exact) mass is 341 g/mol. The van der Waals surface area contributed by atoms with Crippen molar-refractivity contribution in [1.29, 1.82) is 0 Å². The SMILES string of the molecule is Cc1cc(N2CCC(NCCO)CC2)nc(N(C)c2ccccc2)n1. The molecule has 134 valence electrons. The summed E-state index contributed by atoms with van der Waals surface area (Å²) in [6.07, 6.45) is 2.12. The first kappa shape index (κ1) is 17.6. The van der Waals surface area contributed by atoms with Crippen LogP contribution in [0.3, 0.4) is 0 Å². The molecule has 1 saturated heterocycles. The Hall–Kier alpha value is -2.18. The number of hydrogen-bond acceptors (Lipinski definition) is 6. The predicted molar refractivity (Wildman–Crippen MR) is 102 cm³/mol. The number of aryl methyl sites for hydroxylation is 1. The van der Waals surface area contributed by atoms with Gasteiger partial charge in [0, 0.05) is 50.2 Å². The molecule has 1 aliphatic heterocycles. The number of nitrogens with one attached hydrogen (secondary N) is 1. The van der Waals surface area contributed by atoms with Crippen LogP contribution in [0.4, 0.5) is 17.5 Å². The van der Waals surface area contributed by atoms with E-state index in [1.807, 2.05) is 37.1 Å². The maximum atomic E-state index is 8.94. The molecule has 6 nitrogen and oxygen atoms in total. The summed E-state index contributed by atoms with van der Waals surface area (Å²) >= 11 is 0. The zero-order valence-electron chi connectivity index (χ0n) is 15.0. The second-order valence-electron chi connectivity index (χ2n) is 6.50. The third-order valence-electron chi connectivity index (χ3n) is 4.64. The molecule has 1 fully saturated rings. The van der Waals surface area contributed by atoms with Crippen LogP contribution in [0, 0.1) is 6.92 Å². The number of benzene rings is 1. The maximum absolute atomic E-state index is 8.94. The number of aliphatic hydroxyl groups is 1. The average molecular weight is 341 g/mol. The first-order chi connectivity index (χ1) is 12.2.